The fourth-order valence-electron chi connectivity index (χ4n) is 1.08. The number of rotatable bonds is 6. The normalized spacial score (nSPS) is 11.4. The highest BCUT2D eigenvalue weighted by Gasteiger charge is 2.05. The van der Waals surface area contributed by atoms with Crippen molar-refractivity contribution in [2.75, 3.05) is 12.8 Å². The lowest BCUT2D eigenvalue weighted by Crippen LogP contribution is -2.29. The summed E-state index contributed by atoms with van der Waals surface area (Å²) in [6, 6.07) is 1.93. The van der Waals surface area contributed by atoms with E-state index >= 15 is 0 Å². The highest BCUT2D eigenvalue weighted by atomic mass is 79.9. The Bertz CT molecular complexity index is 484. The zero-order valence-corrected chi connectivity index (χ0v) is 12.4. The number of sulfonamides is 1. The molecule has 0 radical (unpaired) electrons. The third-order valence-corrected chi connectivity index (χ3v) is 4.11. The van der Waals surface area contributed by atoms with E-state index in [1.807, 2.05) is 11.4 Å². The van der Waals surface area contributed by atoms with E-state index in [2.05, 4.69) is 26.0 Å². The molecule has 5 nitrogen and oxygen atoms in total. The van der Waals surface area contributed by atoms with E-state index in [0.29, 0.717) is 6.54 Å². The Balaban J connectivity index is 2.22. The average molecular weight is 341 g/mol. The van der Waals surface area contributed by atoms with Crippen LogP contribution in [0.2, 0.25) is 0 Å². The maximum absolute atomic E-state index is 11.4. The molecule has 0 atom stereocenters. The van der Waals surface area contributed by atoms with E-state index in [0.717, 1.165) is 15.6 Å². The van der Waals surface area contributed by atoms with Crippen LogP contribution >= 0.6 is 27.3 Å². The van der Waals surface area contributed by atoms with Crippen LogP contribution in [0.5, 0.6) is 0 Å². The molecule has 0 aromatic carbocycles. The van der Waals surface area contributed by atoms with Crippen LogP contribution in [0.4, 0.5) is 0 Å². The monoisotopic (exact) mass is 340 g/mol. The topological polar surface area (TPSA) is 75.3 Å². The molecular formula is C9H13BrN2O3S2. The van der Waals surface area contributed by atoms with Gasteiger partial charge in [-0.15, -0.1) is 11.3 Å². The van der Waals surface area contributed by atoms with Crippen LogP contribution in [0.1, 0.15) is 12.0 Å². The highest BCUT2D eigenvalue weighted by Crippen LogP contribution is 2.20. The van der Waals surface area contributed by atoms with Gasteiger partial charge in [0.25, 0.3) is 0 Å². The summed E-state index contributed by atoms with van der Waals surface area (Å²) in [5, 5.41) is 4.65. The minimum atomic E-state index is -3.22. The molecule has 1 amide bonds. The zero-order valence-electron chi connectivity index (χ0n) is 9.20. The number of nitrogens with one attached hydrogen (secondary N) is 2. The maximum atomic E-state index is 11.4. The maximum Gasteiger partial charge on any atom is 0.221 e. The third-order valence-electron chi connectivity index (χ3n) is 1.83. The van der Waals surface area contributed by atoms with Crippen molar-refractivity contribution in [1.29, 1.82) is 0 Å². The second kappa shape index (κ2) is 6.48. The first-order valence-electron chi connectivity index (χ1n) is 4.81. The Kier molecular flexibility index (Phi) is 5.57. The first-order valence-corrected chi connectivity index (χ1v) is 8.37. The van der Waals surface area contributed by atoms with Crippen LogP contribution in [0, 0.1) is 0 Å². The van der Waals surface area contributed by atoms with E-state index in [4.69, 9.17) is 0 Å². The first kappa shape index (κ1) is 14.6. The van der Waals surface area contributed by atoms with Gasteiger partial charge in [-0.1, -0.05) is 0 Å². The Hall–Kier alpha value is -0.440. The Morgan fingerprint density at radius 3 is 2.76 bits per heavy atom. The summed E-state index contributed by atoms with van der Waals surface area (Å²) in [5.41, 5.74) is 1.02. The van der Waals surface area contributed by atoms with Gasteiger partial charge in [-0.2, -0.15) is 0 Å². The molecule has 2 N–H and O–H groups in total. The standard InChI is InChI=1S/C9H13BrN2O3S2/c1-17(14,15)12-3-2-9(13)11-5-7-4-8(10)16-6-7/h4,6,12H,2-3,5H2,1H3,(H,11,13). The van der Waals surface area contributed by atoms with Gasteiger partial charge >= 0.3 is 0 Å². The second-order valence-electron chi connectivity index (χ2n) is 3.45. The molecule has 0 saturated heterocycles. The van der Waals surface area contributed by atoms with Gasteiger partial charge in [0.1, 0.15) is 0 Å². The van der Waals surface area contributed by atoms with Crippen LogP contribution in [-0.2, 0) is 21.4 Å². The van der Waals surface area contributed by atoms with Crippen LogP contribution in [-0.4, -0.2) is 27.1 Å². The van der Waals surface area contributed by atoms with Crippen LogP contribution in [0.3, 0.4) is 0 Å². The van der Waals surface area contributed by atoms with Crippen molar-refractivity contribution in [3.8, 4) is 0 Å². The molecule has 8 heteroatoms. The van der Waals surface area contributed by atoms with Gasteiger partial charge in [0.15, 0.2) is 0 Å². The van der Waals surface area contributed by atoms with Gasteiger partial charge < -0.3 is 5.32 Å². The number of amides is 1. The molecule has 17 heavy (non-hydrogen) atoms. The first-order chi connectivity index (χ1) is 7.87. The van der Waals surface area contributed by atoms with Gasteiger partial charge in [-0.05, 0) is 32.9 Å². The van der Waals surface area contributed by atoms with Crippen molar-refractivity contribution < 1.29 is 13.2 Å². The van der Waals surface area contributed by atoms with E-state index in [1.54, 1.807) is 11.3 Å². The van der Waals surface area contributed by atoms with E-state index in [-0.39, 0.29) is 18.9 Å². The molecule has 0 bridgehead atoms. The molecule has 0 aliphatic heterocycles. The van der Waals surface area contributed by atoms with Gasteiger partial charge in [-0.25, -0.2) is 13.1 Å². The number of carbonyl (C=O) groups is 1. The van der Waals surface area contributed by atoms with Crippen LogP contribution in [0.15, 0.2) is 15.2 Å². The van der Waals surface area contributed by atoms with E-state index in [9.17, 15) is 13.2 Å². The van der Waals surface area contributed by atoms with Crippen molar-refractivity contribution in [3.63, 3.8) is 0 Å². The minimum absolute atomic E-state index is 0.123. The molecule has 0 saturated carbocycles. The summed E-state index contributed by atoms with van der Waals surface area (Å²) in [6.45, 7) is 0.581. The summed E-state index contributed by atoms with van der Waals surface area (Å²) >= 11 is 4.88. The lowest BCUT2D eigenvalue weighted by Gasteiger charge is -2.04. The molecule has 1 aromatic rings. The Labute approximate surface area is 113 Å². The number of hydrogen-bond donors (Lipinski definition) is 2. The van der Waals surface area contributed by atoms with E-state index < -0.39 is 10.0 Å². The van der Waals surface area contributed by atoms with Gasteiger partial charge in [0.05, 0.1) is 10.0 Å². The van der Waals surface area contributed by atoms with Crippen molar-refractivity contribution in [2.45, 2.75) is 13.0 Å². The molecule has 0 unspecified atom stereocenters. The quantitative estimate of drug-likeness (QED) is 0.813. The number of thiophene rings is 1. The predicted octanol–water partition coefficient (Wildman–Crippen LogP) is 1.07. The lowest BCUT2D eigenvalue weighted by molar-refractivity contribution is -0.121. The molecule has 0 aliphatic carbocycles. The fourth-order valence-corrected chi connectivity index (χ4v) is 2.76. The molecular weight excluding hydrogens is 328 g/mol. The summed E-state index contributed by atoms with van der Waals surface area (Å²) < 4.78 is 24.8. The van der Waals surface area contributed by atoms with Gasteiger partial charge in [-0.3, -0.25) is 4.79 Å². The number of hydrogen-bond acceptors (Lipinski definition) is 4. The fraction of sp³-hybridized carbons (Fsp3) is 0.444. The molecule has 1 rings (SSSR count). The molecule has 1 aromatic heterocycles. The molecule has 0 spiro atoms. The Morgan fingerprint density at radius 1 is 1.53 bits per heavy atom. The lowest BCUT2D eigenvalue weighted by atomic mass is 10.3. The Morgan fingerprint density at radius 2 is 2.24 bits per heavy atom. The zero-order chi connectivity index (χ0) is 12.9. The summed E-state index contributed by atoms with van der Waals surface area (Å²) in [7, 11) is -3.22. The largest absolute Gasteiger partial charge is 0.352 e. The average Bonchev–Trinajstić information content (AvgIpc) is 2.59. The minimum Gasteiger partial charge on any atom is -0.352 e. The predicted molar refractivity (Wildman–Crippen MR) is 71.3 cm³/mol. The summed E-state index contributed by atoms with van der Waals surface area (Å²) in [4.78, 5) is 11.4. The van der Waals surface area contributed by atoms with Crippen molar-refractivity contribution >= 4 is 43.2 Å². The van der Waals surface area contributed by atoms with Crippen LogP contribution in [0.25, 0.3) is 0 Å². The molecule has 1 heterocycles. The van der Waals surface area contributed by atoms with Gasteiger partial charge in [0, 0.05) is 19.5 Å². The number of carbonyl (C=O) groups excluding carboxylic acids is 1. The number of halogens is 1. The third kappa shape index (κ3) is 6.77. The van der Waals surface area contributed by atoms with Crippen LogP contribution < -0.4 is 10.0 Å². The molecule has 0 aliphatic rings. The molecule has 96 valence electrons. The van der Waals surface area contributed by atoms with Gasteiger partial charge in [0.2, 0.25) is 15.9 Å². The van der Waals surface area contributed by atoms with Crippen molar-refractivity contribution in [2.24, 2.45) is 0 Å². The smallest absolute Gasteiger partial charge is 0.221 e. The molecule has 0 fully saturated rings. The van der Waals surface area contributed by atoms with Crippen molar-refractivity contribution in [1.82, 2.24) is 10.0 Å². The van der Waals surface area contributed by atoms with E-state index in [1.165, 1.54) is 0 Å². The van der Waals surface area contributed by atoms with Crippen molar-refractivity contribution in [3.05, 3.63) is 20.8 Å². The second-order valence-corrected chi connectivity index (χ2v) is 7.58. The highest BCUT2D eigenvalue weighted by molar-refractivity contribution is 9.11. The SMILES string of the molecule is CS(=O)(=O)NCCC(=O)NCc1csc(Br)c1. The summed E-state index contributed by atoms with van der Waals surface area (Å²) in [5.74, 6) is -0.177. The summed E-state index contributed by atoms with van der Waals surface area (Å²) in [6.07, 6.45) is 1.20.